The van der Waals surface area contributed by atoms with Gasteiger partial charge in [-0.2, -0.15) is 0 Å². The lowest BCUT2D eigenvalue weighted by molar-refractivity contribution is -0.0334. The molecule has 1 saturated heterocycles. The van der Waals surface area contributed by atoms with E-state index in [-0.39, 0.29) is 6.61 Å². The Morgan fingerprint density at radius 3 is 2.05 bits per heavy atom. The van der Waals surface area contributed by atoms with Crippen molar-refractivity contribution in [1.29, 1.82) is 0 Å². The van der Waals surface area contributed by atoms with Crippen LogP contribution in [0, 0.1) is 0 Å². The van der Waals surface area contributed by atoms with Gasteiger partial charge in [-0.15, -0.1) is 0 Å². The third-order valence-electron chi connectivity index (χ3n) is 3.79. The normalized spacial score (nSPS) is 14.6. The molecule has 22 heavy (non-hydrogen) atoms. The molecule has 0 bridgehead atoms. The largest absolute Gasteiger partial charge is 0.392 e. The van der Waals surface area contributed by atoms with Gasteiger partial charge in [0.05, 0.1) is 33.0 Å². The van der Waals surface area contributed by atoms with Crippen LogP contribution in [0.25, 0.3) is 21.5 Å². The number of aliphatic hydroxyl groups is 1. The fraction of sp³-hybridized carbons (Fsp3) is 0.263. The summed E-state index contributed by atoms with van der Waals surface area (Å²) in [5.74, 6) is 0. The van der Waals surface area contributed by atoms with Crippen molar-refractivity contribution in [3.8, 4) is 0 Å². The molecule has 1 fully saturated rings. The van der Waals surface area contributed by atoms with Crippen LogP contribution in [0.2, 0.25) is 0 Å². The maximum absolute atomic E-state index is 9.31. The minimum absolute atomic E-state index is 0.0929. The van der Waals surface area contributed by atoms with Gasteiger partial charge in [0.25, 0.3) is 0 Å². The lowest BCUT2D eigenvalue weighted by Gasteiger charge is -2.09. The Kier molecular flexibility index (Phi) is 5.01. The topological polar surface area (TPSA) is 38.7 Å². The van der Waals surface area contributed by atoms with E-state index in [1.165, 1.54) is 16.2 Å². The van der Waals surface area contributed by atoms with Crippen molar-refractivity contribution >= 4 is 21.5 Å². The molecule has 114 valence electrons. The average molecular weight is 296 g/mol. The first-order valence-electron chi connectivity index (χ1n) is 7.56. The first kappa shape index (κ1) is 15.0. The van der Waals surface area contributed by atoms with Crippen molar-refractivity contribution in [3.05, 3.63) is 60.2 Å². The summed E-state index contributed by atoms with van der Waals surface area (Å²) in [7, 11) is 0. The summed E-state index contributed by atoms with van der Waals surface area (Å²) in [6.45, 7) is 3.20. The van der Waals surface area contributed by atoms with Gasteiger partial charge in [0, 0.05) is 0 Å². The molecule has 0 atom stereocenters. The van der Waals surface area contributed by atoms with E-state index >= 15 is 0 Å². The van der Waals surface area contributed by atoms with Crippen LogP contribution < -0.4 is 0 Å². The Hall–Kier alpha value is -1.94. The van der Waals surface area contributed by atoms with Gasteiger partial charge in [-0.25, -0.2) is 0 Å². The van der Waals surface area contributed by atoms with Crippen molar-refractivity contribution in [2.75, 3.05) is 26.4 Å². The van der Waals surface area contributed by atoms with Gasteiger partial charge < -0.3 is 14.6 Å². The molecule has 0 amide bonds. The number of fused-ring (bicyclic) bond motifs is 3. The van der Waals surface area contributed by atoms with Gasteiger partial charge in [0.15, 0.2) is 0 Å². The molecule has 3 aromatic rings. The van der Waals surface area contributed by atoms with E-state index in [2.05, 4.69) is 30.3 Å². The highest BCUT2D eigenvalue weighted by molar-refractivity contribution is 6.08. The number of hydrogen-bond donors (Lipinski definition) is 1. The molecule has 1 aliphatic rings. The summed E-state index contributed by atoms with van der Waals surface area (Å²) in [5, 5.41) is 14.1. The molecule has 0 aliphatic carbocycles. The molecular weight excluding hydrogens is 276 g/mol. The van der Waals surface area contributed by atoms with E-state index in [1.807, 2.05) is 24.3 Å². The van der Waals surface area contributed by atoms with Crippen LogP contribution in [-0.4, -0.2) is 31.5 Å². The summed E-state index contributed by atoms with van der Waals surface area (Å²) in [4.78, 5) is 0. The SMILES string of the molecule is C1COCCO1.OCc1cccc2c1ccc1ccccc12. The van der Waals surface area contributed by atoms with Gasteiger partial charge >= 0.3 is 0 Å². The first-order chi connectivity index (χ1) is 10.9. The highest BCUT2D eigenvalue weighted by Crippen LogP contribution is 2.27. The molecule has 0 radical (unpaired) electrons. The lowest BCUT2D eigenvalue weighted by Crippen LogP contribution is -2.16. The summed E-state index contributed by atoms with van der Waals surface area (Å²) >= 11 is 0. The Morgan fingerprint density at radius 1 is 0.682 bits per heavy atom. The number of rotatable bonds is 1. The van der Waals surface area contributed by atoms with E-state index in [4.69, 9.17) is 9.47 Å². The zero-order valence-electron chi connectivity index (χ0n) is 12.5. The Bertz CT molecular complexity index is 736. The van der Waals surface area contributed by atoms with Crippen LogP contribution in [0.1, 0.15) is 5.56 Å². The maximum atomic E-state index is 9.31. The van der Waals surface area contributed by atoms with Crippen LogP contribution in [-0.2, 0) is 16.1 Å². The van der Waals surface area contributed by atoms with Gasteiger partial charge in [-0.3, -0.25) is 0 Å². The molecule has 1 N–H and O–H groups in total. The fourth-order valence-electron chi connectivity index (χ4n) is 2.68. The summed E-state index contributed by atoms with van der Waals surface area (Å²) in [6, 6.07) is 18.6. The van der Waals surface area contributed by atoms with Crippen molar-refractivity contribution in [3.63, 3.8) is 0 Å². The summed E-state index contributed by atoms with van der Waals surface area (Å²) in [5.41, 5.74) is 0.989. The maximum Gasteiger partial charge on any atom is 0.0701 e. The van der Waals surface area contributed by atoms with Gasteiger partial charge in [-0.05, 0) is 27.1 Å². The molecular formula is C19H20O3. The molecule has 1 heterocycles. The van der Waals surface area contributed by atoms with Crippen LogP contribution in [0.4, 0.5) is 0 Å². The molecule has 0 spiro atoms. The highest BCUT2D eigenvalue weighted by Gasteiger charge is 2.02. The fourth-order valence-corrected chi connectivity index (χ4v) is 2.68. The zero-order chi connectivity index (χ0) is 15.2. The molecule has 4 rings (SSSR count). The zero-order valence-corrected chi connectivity index (χ0v) is 12.5. The quantitative estimate of drug-likeness (QED) is 0.698. The lowest BCUT2D eigenvalue weighted by atomic mass is 9.99. The van der Waals surface area contributed by atoms with Crippen LogP contribution in [0.5, 0.6) is 0 Å². The highest BCUT2D eigenvalue weighted by atomic mass is 16.6. The minimum Gasteiger partial charge on any atom is -0.392 e. The monoisotopic (exact) mass is 296 g/mol. The predicted octanol–water partition coefficient (Wildman–Crippen LogP) is 3.52. The van der Waals surface area contributed by atoms with E-state index in [9.17, 15) is 5.11 Å². The second kappa shape index (κ2) is 7.36. The molecule has 3 nitrogen and oxygen atoms in total. The van der Waals surface area contributed by atoms with Gasteiger partial charge in [0.2, 0.25) is 0 Å². The summed E-state index contributed by atoms with van der Waals surface area (Å²) in [6.07, 6.45) is 0. The Morgan fingerprint density at radius 2 is 1.36 bits per heavy atom. The van der Waals surface area contributed by atoms with Crippen molar-refractivity contribution < 1.29 is 14.6 Å². The first-order valence-corrected chi connectivity index (χ1v) is 7.56. The van der Waals surface area contributed by atoms with Gasteiger partial charge in [0.1, 0.15) is 0 Å². The number of aliphatic hydroxyl groups excluding tert-OH is 1. The van der Waals surface area contributed by atoms with Crippen LogP contribution in [0.15, 0.2) is 54.6 Å². The van der Waals surface area contributed by atoms with E-state index in [1.54, 1.807) is 0 Å². The molecule has 0 unspecified atom stereocenters. The minimum atomic E-state index is 0.0929. The smallest absolute Gasteiger partial charge is 0.0701 e. The second-order valence-corrected chi connectivity index (χ2v) is 5.18. The average Bonchev–Trinajstić information content (AvgIpc) is 2.63. The molecule has 3 heteroatoms. The molecule has 0 aromatic heterocycles. The predicted molar refractivity (Wildman–Crippen MR) is 89.0 cm³/mol. The molecule has 1 aliphatic heterocycles. The Labute approximate surface area is 130 Å². The van der Waals surface area contributed by atoms with Crippen LogP contribution in [0.3, 0.4) is 0 Å². The molecule has 3 aromatic carbocycles. The second-order valence-electron chi connectivity index (χ2n) is 5.18. The van der Waals surface area contributed by atoms with Crippen molar-refractivity contribution in [2.45, 2.75) is 6.61 Å². The van der Waals surface area contributed by atoms with Crippen molar-refractivity contribution in [2.24, 2.45) is 0 Å². The van der Waals surface area contributed by atoms with E-state index in [0.717, 1.165) is 37.4 Å². The number of benzene rings is 3. The van der Waals surface area contributed by atoms with Crippen LogP contribution >= 0.6 is 0 Å². The third kappa shape index (κ3) is 3.28. The summed E-state index contributed by atoms with van der Waals surface area (Å²) < 4.78 is 9.89. The number of hydrogen-bond acceptors (Lipinski definition) is 3. The van der Waals surface area contributed by atoms with E-state index < -0.39 is 0 Å². The Balaban J connectivity index is 0.000000202. The van der Waals surface area contributed by atoms with Crippen molar-refractivity contribution in [1.82, 2.24) is 0 Å². The third-order valence-corrected chi connectivity index (χ3v) is 3.79. The van der Waals surface area contributed by atoms with Gasteiger partial charge in [-0.1, -0.05) is 54.6 Å². The standard InChI is InChI=1S/C15H12O.C4H8O2/c16-10-12-5-3-7-15-13-6-2-1-4-11(13)8-9-14(12)15;1-2-6-4-3-5-1/h1-9,16H,10H2;1-4H2. The molecule has 0 saturated carbocycles. The van der Waals surface area contributed by atoms with E-state index in [0.29, 0.717) is 0 Å². The number of ether oxygens (including phenoxy) is 2.